The van der Waals surface area contributed by atoms with Crippen LogP contribution in [0.15, 0.2) is 54.6 Å². The molecule has 0 fully saturated rings. The van der Waals surface area contributed by atoms with Gasteiger partial charge in [-0.3, -0.25) is 0 Å². The fourth-order valence-electron chi connectivity index (χ4n) is 1.92. The van der Waals surface area contributed by atoms with Gasteiger partial charge in [0, 0.05) is 6.08 Å². The summed E-state index contributed by atoms with van der Waals surface area (Å²) in [5, 5.41) is 0. The molecule has 108 valence electrons. The molecule has 0 spiro atoms. The molecule has 0 aromatic heterocycles. The molecule has 0 radical (unpaired) electrons. The van der Waals surface area contributed by atoms with Gasteiger partial charge in [0.1, 0.15) is 5.75 Å². The molecule has 0 saturated heterocycles. The van der Waals surface area contributed by atoms with Crippen LogP contribution >= 0.6 is 0 Å². The van der Waals surface area contributed by atoms with Crippen LogP contribution in [0.3, 0.4) is 0 Å². The smallest absolute Gasteiger partial charge is 0.330 e. The second kappa shape index (κ2) is 7.29. The predicted molar refractivity (Wildman–Crippen MR) is 84.1 cm³/mol. The highest BCUT2D eigenvalue weighted by molar-refractivity contribution is 5.87. The molecule has 2 aromatic carbocycles. The average molecular weight is 282 g/mol. The van der Waals surface area contributed by atoms with Crippen LogP contribution in [-0.2, 0) is 9.53 Å². The highest BCUT2D eigenvalue weighted by atomic mass is 16.5. The third kappa shape index (κ3) is 4.21. The molecule has 0 saturated carbocycles. The molecule has 0 amide bonds. The number of benzene rings is 2. The van der Waals surface area contributed by atoms with Crippen molar-refractivity contribution in [3.8, 4) is 16.9 Å². The van der Waals surface area contributed by atoms with E-state index in [4.69, 9.17) is 9.47 Å². The first kappa shape index (κ1) is 14.9. The molecule has 3 nitrogen and oxygen atoms in total. The lowest BCUT2D eigenvalue weighted by Gasteiger charge is -2.04. The number of carbonyl (C=O) groups excluding carboxylic acids is 1. The van der Waals surface area contributed by atoms with Crippen molar-refractivity contribution in [2.75, 3.05) is 13.7 Å². The quantitative estimate of drug-likeness (QED) is 0.615. The Morgan fingerprint density at radius 2 is 1.57 bits per heavy atom. The fourth-order valence-corrected chi connectivity index (χ4v) is 1.92. The largest absolute Gasteiger partial charge is 0.497 e. The van der Waals surface area contributed by atoms with Crippen molar-refractivity contribution in [1.82, 2.24) is 0 Å². The van der Waals surface area contributed by atoms with Crippen LogP contribution in [0.1, 0.15) is 12.5 Å². The van der Waals surface area contributed by atoms with Gasteiger partial charge in [0.15, 0.2) is 0 Å². The monoisotopic (exact) mass is 282 g/mol. The molecule has 2 rings (SSSR count). The summed E-state index contributed by atoms with van der Waals surface area (Å²) in [6, 6.07) is 15.9. The summed E-state index contributed by atoms with van der Waals surface area (Å²) in [7, 11) is 1.65. The standard InChI is InChI=1S/C18H18O3/c1-3-21-18(19)13-6-14-4-7-15(8-5-14)16-9-11-17(20-2)12-10-16/h4-13H,3H2,1-2H3/b13-6+. The van der Waals surface area contributed by atoms with Gasteiger partial charge in [0.25, 0.3) is 0 Å². The number of esters is 1. The Kier molecular flexibility index (Phi) is 5.16. The van der Waals surface area contributed by atoms with Crippen LogP contribution in [0.4, 0.5) is 0 Å². The third-order valence-electron chi connectivity index (χ3n) is 3.03. The van der Waals surface area contributed by atoms with E-state index in [1.54, 1.807) is 20.1 Å². The van der Waals surface area contributed by atoms with Crippen LogP contribution in [0.25, 0.3) is 17.2 Å². The summed E-state index contributed by atoms with van der Waals surface area (Å²) in [6.07, 6.45) is 3.18. The molecular formula is C18H18O3. The van der Waals surface area contributed by atoms with E-state index in [2.05, 4.69) is 0 Å². The minimum Gasteiger partial charge on any atom is -0.497 e. The van der Waals surface area contributed by atoms with E-state index in [0.717, 1.165) is 22.4 Å². The van der Waals surface area contributed by atoms with Gasteiger partial charge in [0.05, 0.1) is 13.7 Å². The number of carbonyl (C=O) groups is 1. The van der Waals surface area contributed by atoms with Crippen LogP contribution in [0, 0.1) is 0 Å². The van der Waals surface area contributed by atoms with E-state index in [9.17, 15) is 4.79 Å². The maximum absolute atomic E-state index is 11.2. The highest BCUT2D eigenvalue weighted by Crippen LogP contribution is 2.22. The van der Waals surface area contributed by atoms with Crippen LogP contribution in [0.5, 0.6) is 5.75 Å². The third-order valence-corrected chi connectivity index (χ3v) is 3.03. The van der Waals surface area contributed by atoms with Crippen molar-refractivity contribution in [1.29, 1.82) is 0 Å². The number of ether oxygens (including phenoxy) is 2. The first-order chi connectivity index (χ1) is 10.2. The number of hydrogen-bond donors (Lipinski definition) is 0. The molecular weight excluding hydrogens is 264 g/mol. The Bertz CT molecular complexity index is 610. The van der Waals surface area contributed by atoms with E-state index in [0.29, 0.717) is 6.61 Å². The Hall–Kier alpha value is -2.55. The maximum atomic E-state index is 11.2. The highest BCUT2D eigenvalue weighted by Gasteiger charge is 1.99. The molecule has 0 unspecified atom stereocenters. The van der Waals surface area contributed by atoms with Gasteiger partial charge >= 0.3 is 5.97 Å². The zero-order valence-corrected chi connectivity index (χ0v) is 12.2. The van der Waals surface area contributed by atoms with Crippen LogP contribution < -0.4 is 4.74 Å². The van der Waals surface area contributed by atoms with E-state index in [-0.39, 0.29) is 5.97 Å². The first-order valence-electron chi connectivity index (χ1n) is 6.82. The molecule has 21 heavy (non-hydrogen) atoms. The Labute approximate surface area is 124 Å². The van der Waals surface area contributed by atoms with E-state index in [1.807, 2.05) is 48.5 Å². The molecule has 0 N–H and O–H groups in total. The van der Waals surface area contributed by atoms with Crippen molar-refractivity contribution in [3.63, 3.8) is 0 Å². The predicted octanol–water partition coefficient (Wildman–Crippen LogP) is 3.94. The van der Waals surface area contributed by atoms with Gasteiger partial charge in [-0.05, 0) is 41.8 Å². The molecule has 0 heterocycles. The number of hydrogen-bond acceptors (Lipinski definition) is 3. The van der Waals surface area contributed by atoms with Gasteiger partial charge < -0.3 is 9.47 Å². The molecule has 0 aliphatic rings. The van der Waals surface area contributed by atoms with Crippen LogP contribution in [0.2, 0.25) is 0 Å². The second-order valence-electron chi connectivity index (χ2n) is 4.44. The molecule has 3 heteroatoms. The maximum Gasteiger partial charge on any atom is 0.330 e. The normalized spacial score (nSPS) is 10.6. The van der Waals surface area contributed by atoms with Gasteiger partial charge in [0.2, 0.25) is 0 Å². The summed E-state index contributed by atoms with van der Waals surface area (Å²) in [5.41, 5.74) is 3.20. The zero-order valence-electron chi connectivity index (χ0n) is 12.2. The molecule has 2 aromatic rings. The Balaban J connectivity index is 2.09. The molecule has 0 aliphatic heterocycles. The van der Waals surface area contributed by atoms with Crippen molar-refractivity contribution >= 4 is 12.0 Å². The summed E-state index contributed by atoms with van der Waals surface area (Å²) < 4.78 is 9.99. The van der Waals surface area contributed by atoms with Gasteiger partial charge in [-0.2, -0.15) is 0 Å². The molecule has 0 bridgehead atoms. The van der Waals surface area contributed by atoms with Gasteiger partial charge in [-0.25, -0.2) is 4.79 Å². The van der Waals surface area contributed by atoms with Crippen molar-refractivity contribution < 1.29 is 14.3 Å². The number of methoxy groups -OCH3 is 1. The minimum absolute atomic E-state index is 0.322. The van der Waals surface area contributed by atoms with E-state index < -0.39 is 0 Å². The minimum atomic E-state index is -0.322. The summed E-state index contributed by atoms with van der Waals surface area (Å²) in [5.74, 6) is 0.518. The van der Waals surface area contributed by atoms with E-state index >= 15 is 0 Å². The topological polar surface area (TPSA) is 35.5 Å². The second-order valence-corrected chi connectivity index (χ2v) is 4.44. The van der Waals surface area contributed by atoms with Crippen molar-refractivity contribution in [2.24, 2.45) is 0 Å². The van der Waals surface area contributed by atoms with Crippen molar-refractivity contribution in [3.05, 3.63) is 60.2 Å². The summed E-state index contributed by atoms with van der Waals surface area (Å²) in [6.45, 7) is 2.18. The van der Waals surface area contributed by atoms with Gasteiger partial charge in [-0.15, -0.1) is 0 Å². The zero-order chi connectivity index (χ0) is 15.1. The SMILES string of the molecule is CCOC(=O)/C=C/c1ccc(-c2ccc(OC)cc2)cc1. The van der Waals surface area contributed by atoms with E-state index in [1.165, 1.54) is 6.08 Å². The lowest BCUT2D eigenvalue weighted by molar-refractivity contribution is -0.137. The van der Waals surface area contributed by atoms with Gasteiger partial charge in [-0.1, -0.05) is 36.4 Å². The van der Waals surface area contributed by atoms with Crippen LogP contribution in [-0.4, -0.2) is 19.7 Å². The fraction of sp³-hybridized carbons (Fsp3) is 0.167. The molecule has 0 atom stereocenters. The lowest BCUT2D eigenvalue weighted by Crippen LogP contribution is -1.98. The average Bonchev–Trinajstić information content (AvgIpc) is 2.54. The lowest BCUT2D eigenvalue weighted by atomic mass is 10.0. The number of rotatable bonds is 5. The Morgan fingerprint density at radius 3 is 2.10 bits per heavy atom. The first-order valence-corrected chi connectivity index (χ1v) is 6.82. The summed E-state index contributed by atoms with van der Waals surface area (Å²) in [4.78, 5) is 11.2. The molecule has 0 aliphatic carbocycles. The summed E-state index contributed by atoms with van der Waals surface area (Å²) >= 11 is 0. The Morgan fingerprint density at radius 1 is 1.00 bits per heavy atom. The van der Waals surface area contributed by atoms with Crippen molar-refractivity contribution in [2.45, 2.75) is 6.92 Å².